The lowest BCUT2D eigenvalue weighted by Gasteiger charge is -2.22. The van der Waals surface area contributed by atoms with Gasteiger partial charge in [-0.25, -0.2) is 0 Å². The SMILES string of the molecule is C[C@H](O)CNC(=O)C1CSCCN1. The van der Waals surface area contributed by atoms with E-state index in [-0.39, 0.29) is 11.9 Å². The van der Waals surface area contributed by atoms with Crippen molar-refractivity contribution in [1.82, 2.24) is 10.6 Å². The van der Waals surface area contributed by atoms with Crippen LogP contribution >= 0.6 is 11.8 Å². The number of hydrogen-bond donors (Lipinski definition) is 3. The Balaban J connectivity index is 2.21. The maximum atomic E-state index is 11.4. The van der Waals surface area contributed by atoms with Crippen molar-refractivity contribution in [3.8, 4) is 0 Å². The molecule has 13 heavy (non-hydrogen) atoms. The molecule has 1 fully saturated rings. The highest BCUT2D eigenvalue weighted by molar-refractivity contribution is 7.99. The number of amides is 1. The molecule has 3 N–H and O–H groups in total. The van der Waals surface area contributed by atoms with Gasteiger partial charge in [0.2, 0.25) is 5.91 Å². The minimum atomic E-state index is -0.472. The van der Waals surface area contributed by atoms with Crippen LogP contribution in [0.3, 0.4) is 0 Å². The first kappa shape index (κ1) is 10.8. The minimum Gasteiger partial charge on any atom is -0.392 e. The van der Waals surface area contributed by atoms with Gasteiger partial charge in [0.05, 0.1) is 12.1 Å². The molecule has 0 bridgehead atoms. The quantitative estimate of drug-likeness (QED) is 0.562. The van der Waals surface area contributed by atoms with Crippen LogP contribution < -0.4 is 10.6 Å². The number of aliphatic hydroxyl groups excluding tert-OH is 1. The van der Waals surface area contributed by atoms with Crippen molar-refractivity contribution in [3.05, 3.63) is 0 Å². The number of hydrogen-bond acceptors (Lipinski definition) is 4. The summed E-state index contributed by atoms with van der Waals surface area (Å²) in [6, 6.07) is -0.0856. The van der Waals surface area contributed by atoms with Gasteiger partial charge in [-0.05, 0) is 6.92 Å². The van der Waals surface area contributed by atoms with Gasteiger partial charge in [-0.2, -0.15) is 11.8 Å². The fourth-order valence-corrected chi connectivity index (χ4v) is 2.04. The second kappa shape index (κ2) is 5.47. The second-order valence-electron chi connectivity index (χ2n) is 3.18. The molecule has 2 atom stereocenters. The summed E-state index contributed by atoms with van der Waals surface area (Å²) in [5, 5.41) is 14.8. The topological polar surface area (TPSA) is 61.4 Å². The third-order valence-corrected chi connectivity index (χ3v) is 2.87. The van der Waals surface area contributed by atoms with Crippen molar-refractivity contribution in [2.45, 2.75) is 19.1 Å². The highest BCUT2D eigenvalue weighted by Gasteiger charge is 2.20. The van der Waals surface area contributed by atoms with Crippen molar-refractivity contribution in [3.63, 3.8) is 0 Å². The number of thioether (sulfide) groups is 1. The summed E-state index contributed by atoms with van der Waals surface area (Å²) in [6.45, 7) is 2.88. The van der Waals surface area contributed by atoms with E-state index in [1.165, 1.54) is 0 Å². The van der Waals surface area contributed by atoms with Crippen LogP contribution in [-0.4, -0.2) is 47.8 Å². The zero-order valence-corrected chi connectivity index (χ0v) is 8.56. The van der Waals surface area contributed by atoms with Crippen LogP contribution in [0.15, 0.2) is 0 Å². The van der Waals surface area contributed by atoms with Crippen molar-refractivity contribution in [2.24, 2.45) is 0 Å². The molecule has 0 aromatic heterocycles. The molecule has 1 rings (SSSR count). The number of carbonyl (C=O) groups excluding carboxylic acids is 1. The monoisotopic (exact) mass is 204 g/mol. The number of aliphatic hydroxyl groups is 1. The van der Waals surface area contributed by atoms with Gasteiger partial charge in [0.25, 0.3) is 0 Å². The highest BCUT2D eigenvalue weighted by Crippen LogP contribution is 2.07. The molecule has 0 aromatic carbocycles. The summed E-state index contributed by atoms with van der Waals surface area (Å²) in [7, 11) is 0. The van der Waals surface area contributed by atoms with Gasteiger partial charge < -0.3 is 15.7 Å². The first-order chi connectivity index (χ1) is 6.20. The number of carbonyl (C=O) groups is 1. The zero-order chi connectivity index (χ0) is 9.68. The third-order valence-electron chi connectivity index (χ3n) is 1.81. The second-order valence-corrected chi connectivity index (χ2v) is 4.33. The summed E-state index contributed by atoms with van der Waals surface area (Å²) in [5.41, 5.74) is 0. The van der Waals surface area contributed by atoms with Crippen LogP contribution in [0.2, 0.25) is 0 Å². The fourth-order valence-electron chi connectivity index (χ4n) is 1.11. The molecule has 1 amide bonds. The van der Waals surface area contributed by atoms with Gasteiger partial charge in [0.1, 0.15) is 0 Å². The average Bonchev–Trinajstić information content (AvgIpc) is 2.15. The predicted molar refractivity (Wildman–Crippen MR) is 53.8 cm³/mol. The Kier molecular flexibility index (Phi) is 4.55. The molecule has 0 radical (unpaired) electrons. The van der Waals surface area contributed by atoms with E-state index >= 15 is 0 Å². The van der Waals surface area contributed by atoms with E-state index in [2.05, 4.69) is 10.6 Å². The molecule has 1 aliphatic heterocycles. The fraction of sp³-hybridized carbons (Fsp3) is 0.875. The molecule has 4 nitrogen and oxygen atoms in total. The molecular weight excluding hydrogens is 188 g/mol. The minimum absolute atomic E-state index is 0.00639. The van der Waals surface area contributed by atoms with Gasteiger partial charge >= 0.3 is 0 Å². The van der Waals surface area contributed by atoms with Crippen molar-refractivity contribution in [1.29, 1.82) is 0 Å². The van der Waals surface area contributed by atoms with Gasteiger partial charge in [0, 0.05) is 24.6 Å². The van der Waals surface area contributed by atoms with Crippen molar-refractivity contribution >= 4 is 17.7 Å². The van der Waals surface area contributed by atoms with Crippen LogP contribution in [0, 0.1) is 0 Å². The molecule has 1 unspecified atom stereocenters. The number of rotatable bonds is 3. The molecule has 0 spiro atoms. The van der Waals surface area contributed by atoms with Crippen molar-refractivity contribution < 1.29 is 9.90 Å². The number of nitrogens with one attached hydrogen (secondary N) is 2. The van der Waals surface area contributed by atoms with Gasteiger partial charge in [-0.3, -0.25) is 4.79 Å². The summed E-state index contributed by atoms with van der Waals surface area (Å²) >= 11 is 1.78. The van der Waals surface area contributed by atoms with Crippen LogP contribution in [0.5, 0.6) is 0 Å². The van der Waals surface area contributed by atoms with E-state index in [1.807, 2.05) is 0 Å². The van der Waals surface area contributed by atoms with Gasteiger partial charge in [-0.1, -0.05) is 0 Å². The predicted octanol–water partition coefficient (Wildman–Crippen LogP) is -0.812. The molecule has 76 valence electrons. The summed E-state index contributed by atoms with van der Waals surface area (Å²) in [4.78, 5) is 11.4. The Bertz CT molecular complexity index is 170. The standard InChI is InChI=1S/C8H16N2O2S/c1-6(11)4-10-8(12)7-5-13-3-2-9-7/h6-7,9,11H,2-5H2,1H3,(H,10,12)/t6-,7?/m0/s1. The molecule has 1 heterocycles. The Morgan fingerprint density at radius 3 is 3.15 bits per heavy atom. The van der Waals surface area contributed by atoms with Crippen LogP contribution in [-0.2, 0) is 4.79 Å². The lowest BCUT2D eigenvalue weighted by atomic mass is 10.3. The maximum absolute atomic E-state index is 11.4. The summed E-state index contributed by atoms with van der Waals surface area (Å²) in [6.07, 6.45) is -0.472. The van der Waals surface area contributed by atoms with Crippen LogP contribution in [0.25, 0.3) is 0 Å². The molecule has 0 aromatic rings. The molecule has 0 saturated carbocycles. The van der Waals surface area contributed by atoms with E-state index in [0.29, 0.717) is 6.54 Å². The molecule has 1 aliphatic rings. The van der Waals surface area contributed by atoms with E-state index in [1.54, 1.807) is 18.7 Å². The molecule has 0 aliphatic carbocycles. The Morgan fingerprint density at radius 1 is 1.85 bits per heavy atom. The lowest BCUT2D eigenvalue weighted by Crippen LogP contribution is -2.50. The molecule has 5 heteroatoms. The van der Waals surface area contributed by atoms with Crippen LogP contribution in [0.1, 0.15) is 6.92 Å². The Morgan fingerprint density at radius 2 is 2.62 bits per heavy atom. The molecular formula is C8H16N2O2S. The van der Waals surface area contributed by atoms with Crippen molar-refractivity contribution in [2.75, 3.05) is 24.6 Å². The largest absolute Gasteiger partial charge is 0.392 e. The summed E-state index contributed by atoms with van der Waals surface area (Å²) < 4.78 is 0. The first-order valence-corrected chi connectivity index (χ1v) is 5.62. The molecule has 1 saturated heterocycles. The Hall–Kier alpha value is -0.260. The van der Waals surface area contributed by atoms with E-state index < -0.39 is 6.10 Å². The highest BCUT2D eigenvalue weighted by atomic mass is 32.2. The summed E-state index contributed by atoms with van der Waals surface area (Å²) in [5.74, 6) is 1.89. The van der Waals surface area contributed by atoms with E-state index in [0.717, 1.165) is 18.1 Å². The van der Waals surface area contributed by atoms with Gasteiger partial charge in [0.15, 0.2) is 0 Å². The third kappa shape index (κ3) is 3.97. The maximum Gasteiger partial charge on any atom is 0.238 e. The normalized spacial score (nSPS) is 25.2. The Labute approximate surface area is 82.5 Å². The van der Waals surface area contributed by atoms with E-state index in [9.17, 15) is 4.79 Å². The van der Waals surface area contributed by atoms with Crippen LogP contribution in [0.4, 0.5) is 0 Å². The lowest BCUT2D eigenvalue weighted by molar-refractivity contribution is -0.123. The smallest absolute Gasteiger partial charge is 0.238 e. The first-order valence-electron chi connectivity index (χ1n) is 4.47. The zero-order valence-electron chi connectivity index (χ0n) is 7.75. The average molecular weight is 204 g/mol. The van der Waals surface area contributed by atoms with E-state index in [4.69, 9.17) is 5.11 Å². The van der Waals surface area contributed by atoms with Gasteiger partial charge in [-0.15, -0.1) is 0 Å².